The number of nitrogens with one attached hydrogen (secondary N) is 1. The summed E-state index contributed by atoms with van der Waals surface area (Å²) in [6, 6.07) is 11.8. The highest BCUT2D eigenvalue weighted by Gasteiger charge is 2.38. The molecule has 0 saturated heterocycles. The summed E-state index contributed by atoms with van der Waals surface area (Å²) in [5, 5.41) is 2.67. The third-order valence-electron chi connectivity index (χ3n) is 4.56. The molecule has 0 aliphatic rings. The molecule has 1 atom stereocenters. The van der Waals surface area contributed by atoms with Crippen molar-refractivity contribution in [3.8, 4) is 5.75 Å². The lowest BCUT2D eigenvalue weighted by molar-refractivity contribution is -0.142. The first-order valence-corrected chi connectivity index (χ1v) is 9.31. The van der Waals surface area contributed by atoms with Crippen molar-refractivity contribution in [3.63, 3.8) is 0 Å². The fourth-order valence-corrected chi connectivity index (χ4v) is 3.12. The van der Waals surface area contributed by atoms with Gasteiger partial charge in [-0.15, -0.1) is 0 Å². The Hall–Kier alpha value is -3.36. The van der Waals surface area contributed by atoms with Gasteiger partial charge in [-0.3, -0.25) is 14.2 Å². The van der Waals surface area contributed by atoms with Crippen molar-refractivity contribution in [2.75, 3.05) is 6.61 Å². The van der Waals surface area contributed by atoms with E-state index in [9.17, 15) is 22.8 Å². The number of fused-ring (bicyclic) bond motifs is 1. The van der Waals surface area contributed by atoms with Crippen molar-refractivity contribution < 1.29 is 22.7 Å². The van der Waals surface area contributed by atoms with Gasteiger partial charge in [0.05, 0.1) is 17.6 Å². The van der Waals surface area contributed by atoms with Crippen LogP contribution in [0.15, 0.2) is 53.3 Å². The zero-order valence-corrected chi connectivity index (χ0v) is 16.4. The summed E-state index contributed by atoms with van der Waals surface area (Å²) in [6.45, 7) is 3.75. The average molecular weight is 419 g/mol. The second kappa shape index (κ2) is 8.56. The zero-order chi connectivity index (χ0) is 21.9. The minimum Gasteiger partial charge on any atom is -0.494 e. The fourth-order valence-electron chi connectivity index (χ4n) is 3.12. The van der Waals surface area contributed by atoms with Crippen molar-refractivity contribution in [3.05, 3.63) is 70.1 Å². The molecule has 0 fully saturated rings. The third kappa shape index (κ3) is 4.29. The summed E-state index contributed by atoms with van der Waals surface area (Å²) in [7, 11) is 0. The number of aromatic nitrogens is 2. The van der Waals surface area contributed by atoms with E-state index in [2.05, 4.69) is 10.3 Å². The molecule has 3 aromatic rings. The third-order valence-corrected chi connectivity index (χ3v) is 4.56. The molecular weight excluding hydrogens is 399 g/mol. The van der Waals surface area contributed by atoms with Crippen LogP contribution in [-0.4, -0.2) is 22.1 Å². The van der Waals surface area contributed by atoms with Gasteiger partial charge in [-0.2, -0.15) is 13.2 Å². The summed E-state index contributed by atoms with van der Waals surface area (Å²) < 4.78 is 46.3. The molecule has 1 unspecified atom stereocenters. The Morgan fingerprint density at radius 2 is 1.83 bits per heavy atom. The second-order valence-corrected chi connectivity index (χ2v) is 6.56. The van der Waals surface area contributed by atoms with E-state index in [1.807, 2.05) is 6.92 Å². The first-order valence-electron chi connectivity index (χ1n) is 9.31. The lowest BCUT2D eigenvalue weighted by Gasteiger charge is -2.19. The van der Waals surface area contributed by atoms with Gasteiger partial charge in [-0.05, 0) is 32.0 Å². The maximum atomic E-state index is 13.3. The van der Waals surface area contributed by atoms with Crippen LogP contribution in [-0.2, 0) is 17.5 Å². The number of hydrogen-bond acceptors (Lipinski definition) is 4. The van der Waals surface area contributed by atoms with Crippen molar-refractivity contribution >= 4 is 16.9 Å². The van der Waals surface area contributed by atoms with E-state index in [1.54, 1.807) is 30.3 Å². The van der Waals surface area contributed by atoms with Gasteiger partial charge in [0.15, 0.2) is 0 Å². The van der Waals surface area contributed by atoms with Crippen LogP contribution in [0.4, 0.5) is 13.2 Å². The minimum absolute atomic E-state index is 0.0224. The minimum atomic E-state index is -4.94. The van der Waals surface area contributed by atoms with Gasteiger partial charge in [0.25, 0.3) is 5.56 Å². The smallest absolute Gasteiger partial charge is 0.438 e. The molecule has 30 heavy (non-hydrogen) atoms. The molecule has 0 aliphatic carbocycles. The molecule has 0 saturated carbocycles. The number of halogens is 3. The molecule has 3 rings (SSSR count). The second-order valence-electron chi connectivity index (χ2n) is 6.56. The Labute approximate surface area is 170 Å². The average Bonchev–Trinajstić information content (AvgIpc) is 2.71. The summed E-state index contributed by atoms with van der Waals surface area (Å²) >= 11 is 0. The molecule has 1 aromatic heterocycles. The molecule has 0 radical (unpaired) electrons. The Morgan fingerprint density at radius 1 is 1.17 bits per heavy atom. The van der Waals surface area contributed by atoms with Crippen LogP contribution in [0.25, 0.3) is 11.0 Å². The number of amides is 1. The molecule has 0 spiro atoms. The summed E-state index contributed by atoms with van der Waals surface area (Å²) in [5.41, 5.74) is -2.08. The van der Waals surface area contributed by atoms with Crippen molar-refractivity contribution in [1.82, 2.24) is 14.9 Å². The number of carbonyl (C=O) groups is 1. The van der Waals surface area contributed by atoms with Gasteiger partial charge in [-0.1, -0.05) is 30.3 Å². The lowest BCUT2D eigenvalue weighted by atomic mass is 10.2. The van der Waals surface area contributed by atoms with Crippen molar-refractivity contribution in [2.45, 2.75) is 32.6 Å². The van der Waals surface area contributed by atoms with Gasteiger partial charge in [0.2, 0.25) is 11.6 Å². The molecule has 6 nitrogen and oxygen atoms in total. The van der Waals surface area contributed by atoms with Crippen LogP contribution in [0.5, 0.6) is 5.75 Å². The SMILES string of the molecule is CCOc1ccccc1CNC(=O)C(C)n1c(=O)c(C(F)(F)F)nc2ccccc21. The van der Waals surface area contributed by atoms with Crippen LogP contribution in [0, 0.1) is 0 Å². The molecule has 1 heterocycles. The maximum absolute atomic E-state index is 13.3. The number of rotatable bonds is 6. The summed E-state index contributed by atoms with van der Waals surface area (Å²) in [5.74, 6) is -0.00767. The number of benzene rings is 2. The number of nitrogens with zero attached hydrogens (tertiary/aromatic N) is 2. The Kier molecular flexibility index (Phi) is 6.09. The standard InChI is InChI=1S/C21H20F3N3O3/c1-3-30-17-11-7-4-8-14(17)12-25-19(28)13(2)27-16-10-6-5-9-15(16)26-18(20(27)29)21(22,23)24/h4-11,13H,3,12H2,1-2H3,(H,25,28). The van der Waals surface area contributed by atoms with Crippen LogP contribution in [0.1, 0.15) is 31.1 Å². The predicted molar refractivity (Wildman–Crippen MR) is 105 cm³/mol. The van der Waals surface area contributed by atoms with Gasteiger partial charge in [0.1, 0.15) is 11.8 Å². The van der Waals surface area contributed by atoms with E-state index in [-0.39, 0.29) is 17.6 Å². The molecule has 0 bridgehead atoms. The number of ether oxygens (including phenoxy) is 1. The Bertz CT molecular complexity index is 1130. The molecule has 1 N–H and O–H groups in total. The van der Waals surface area contributed by atoms with Gasteiger partial charge >= 0.3 is 6.18 Å². The van der Waals surface area contributed by atoms with E-state index in [0.29, 0.717) is 17.9 Å². The van der Waals surface area contributed by atoms with E-state index < -0.39 is 29.4 Å². The van der Waals surface area contributed by atoms with E-state index in [1.165, 1.54) is 25.1 Å². The Balaban J connectivity index is 1.95. The largest absolute Gasteiger partial charge is 0.494 e. The highest BCUT2D eigenvalue weighted by molar-refractivity contribution is 5.83. The van der Waals surface area contributed by atoms with Crippen LogP contribution < -0.4 is 15.6 Å². The van der Waals surface area contributed by atoms with E-state index in [0.717, 1.165) is 4.57 Å². The zero-order valence-electron chi connectivity index (χ0n) is 16.4. The molecule has 1 amide bonds. The number of carbonyl (C=O) groups excluding carboxylic acids is 1. The summed E-state index contributed by atoms with van der Waals surface area (Å²) in [4.78, 5) is 28.8. The van der Waals surface area contributed by atoms with Gasteiger partial charge in [0, 0.05) is 12.1 Å². The molecule has 9 heteroatoms. The first kappa shape index (κ1) is 21.4. The van der Waals surface area contributed by atoms with Crippen molar-refractivity contribution in [1.29, 1.82) is 0 Å². The van der Waals surface area contributed by atoms with Crippen LogP contribution >= 0.6 is 0 Å². The summed E-state index contributed by atoms with van der Waals surface area (Å²) in [6.07, 6.45) is -4.94. The normalized spacial score (nSPS) is 12.6. The molecular formula is C21H20F3N3O3. The number of hydrogen-bond donors (Lipinski definition) is 1. The van der Waals surface area contributed by atoms with E-state index >= 15 is 0 Å². The number of alkyl halides is 3. The topological polar surface area (TPSA) is 73.2 Å². The van der Waals surface area contributed by atoms with E-state index in [4.69, 9.17) is 4.74 Å². The quantitative estimate of drug-likeness (QED) is 0.662. The van der Waals surface area contributed by atoms with Gasteiger partial charge in [-0.25, -0.2) is 4.98 Å². The first-order chi connectivity index (χ1) is 14.2. The highest BCUT2D eigenvalue weighted by Crippen LogP contribution is 2.27. The number of para-hydroxylation sites is 3. The molecule has 2 aromatic carbocycles. The maximum Gasteiger partial charge on any atom is 0.438 e. The Morgan fingerprint density at radius 3 is 2.53 bits per heavy atom. The lowest BCUT2D eigenvalue weighted by Crippen LogP contribution is -2.39. The molecule has 0 aliphatic heterocycles. The fraction of sp³-hybridized carbons (Fsp3) is 0.286. The molecule has 158 valence electrons. The highest BCUT2D eigenvalue weighted by atomic mass is 19.4. The van der Waals surface area contributed by atoms with Gasteiger partial charge < -0.3 is 10.1 Å². The van der Waals surface area contributed by atoms with Crippen LogP contribution in [0.3, 0.4) is 0 Å². The predicted octanol–water partition coefficient (Wildman–Crippen LogP) is 3.69. The van der Waals surface area contributed by atoms with Crippen LogP contribution in [0.2, 0.25) is 0 Å². The monoisotopic (exact) mass is 419 g/mol. The van der Waals surface area contributed by atoms with Crippen molar-refractivity contribution in [2.24, 2.45) is 0 Å².